The third-order valence-electron chi connectivity index (χ3n) is 3.49. The van der Waals surface area contributed by atoms with Gasteiger partial charge in [0.15, 0.2) is 0 Å². The summed E-state index contributed by atoms with van der Waals surface area (Å²) in [6.07, 6.45) is 3.44. The molecule has 3 rings (SSSR count). The molecular formula is C14H16N2O. The van der Waals surface area contributed by atoms with Gasteiger partial charge in [0.25, 0.3) is 0 Å². The van der Waals surface area contributed by atoms with E-state index in [1.807, 2.05) is 12.1 Å². The molecule has 1 aromatic carbocycles. The average Bonchev–Trinajstić information content (AvgIpc) is 2.36. The van der Waals surface area contributed by atoms with E-state index in [0.29, 0.717) is 0 Å². The number of ether oxygens (including phenoxy) is 1. The van der Waals surface area contributed by atoms with Crippen molar-refractivity contribution in [2.45, 2.75) is 25.4 Å². The lowest BCUT2D eigenvalue weighted by molar-refractivity contribution is 0.0846. The van der Waals surface area contributed by atoms with Gasteiger partial charge in [-0.25, -0.2) is 4.98 Å². The fourth-order valence-electron chi connectivity index (χ4n) is 2.60. The van der Waals surface area contributed by atoms with Gasteiger partial charge in [0.05, 0.1) is 23.0 Å². The van der Waals surface area contributed by atoms with Gasteiger partial charge in [0.2, 0.25) is 0 Å². The largest absolute Gasteiger partial charge is 0.397 e. The first-order valence-electron chi connectivity index (χ1n) is 6.00. The molecule has 0 bridgehead atoms. The van der Waals surface area contributed by atoms with E-state index in [1.165, 1.54) is 12.0 Å². The van der Waals surface area contributed by atoms with Crippen LogP contribution in [0.2, 0.25) is 0 Å². The van der Waals surface area contributed by atoms with E-state index in [2.05, 4.69) is 12.1 Å². The number of aryl methyl sites for hydroxylation is 1. The molecule has 0 radical (unpaired) electrons. The third kappa shape index (κ3) is 1.67. The molecule has 1 aromatic heterocycles. The molecule has 3 nitrogen and oxygen atoms in total. The minimum Gasteiger partial charge on any atom is -0.397 e. The normalized spacial score (nSPS) is 19.2. The molecule has 17 heavy (non-hydrogen) atoms. The molecule has 1 heterocycles. The van der Waals surface area contributed by atoms with Crippen molar-refractivity contribution < 1.29 is 4.74 Å². The number of nitrogens with zero attached hydrogens (tertiary/aromatic N) is 1. The number of hydrogen-bond donors (Lipinski definition) is 1. The first-order chi connectivity index (χ1) is 8.29. The van der Waals surface area contributed by atoms with Crippen LogP contribution in [0.5, 0.6) is 0 Å². The molecule has 0 aliphatic heterocycles. The van der Waals surface area contributed by atoms with Gasteiger partial charge in [-0.1, -0.05) is 12.1 Å². The number of para-hydroxylation sites is 1. The van der Waals surface area contributed by atoms with Gasteiger partial charge in [0, 0.05) is 12.5 Å². The second-order valence-electron chi connectivity index (χ2n) is 4.57. The van der Waals surface area contributed by atoms with Crippen LogP contribution in [-0.4, -0.2) is 12.1 Å². The average molecular weight is 228 g/mol. The van der Waals surface area contributed by atoms with Gasteiger partial charge < -0.3 is 10.5 Å². The summed E-state index contributed by atoms with van der Waals surface area (Å²) < 4.78 is 5.50. The third-order valence-corrected chi connectivity index (χ3v) is 3.49. The number of anilines is 1. The molecule has 2 aromatic rings. The summed E-state index contributed by atoms with van der Waals surface area (Å²) >= 11 is 0. The zero-order valence-corrected chi connectivity index (χ0v) is 9.94. The predicted molar refractivity (Wildman–Crippen MR) is 68.8 cm³/mol. The maximum Gasteiger partial charge on any atom is 0.0993 e. The molecule has 0 spiro atoms. The van der Waals surface area contributed by atoms with E-state index in [4.69, 9.17) is 15.5 Å². The highest BCUT2D eigenvalue weighted by atomic mass is 16.5. The fraction of sp³-hybridized carbons (Fsp3) is 0.357. The quantitative estimate of drug-likeness (QED) is 0.763. The number of aromatic nitrogens is 1. The second-order valence-corrected chi connectivity index (χ2v) is 4.57. The van der Waals surface area contributed by atoms with Gasteiger partial charge >= 0.3 is 0 Å². The molecular weight excluding hydrogens is 212 g/mol. The molecule has 88 valence electrons. The summed E-state index contributed by atoms with van der Waals surface area (Å²) in [4.78, 5) is 4.72. The van der Waals surface area contributed by atoms with E-state index in [0.717, 1.165) is 35.1 Å². The Kier molecular flexibility index (Phi) is 2.48. The summed E-state index contributed by atoms with van der Waals surface area (Å²) in [6.45, 7) is 0. The Hall–Kier alpha value is -1.61. The lowest BCUT2D eigenvalue weighted by Crippen LogP contribution is -2.13. The standard InChI is InChI=1S/C14H16N2O/c1-17-12-7-3-5-10-8-9-4-2-6-11(15)13(9)16-14(10)12/h2,4,6,8,12H,3,5,7,15H2,1H3. The first kappa shape index (κ1) is 10.5. The van der Waals surface area contributed by atoms with Crippen molar-refractivity contribution in [3.63, 3.8) is 0 Å². The van der Waals surface area contributed by atoms with Crippen molar-refractivity contribution in [1.29, 1.82) is 0 Å². The first-order valence-corrected chi connectivity index (χ1v) is 6.00. The van der Waals surface area contributed by atoms with Crippen LogP contribution in [0.15, 0.2) is 24.3 Å². The molecule has 0 fully saturated rings. The number of nitrogens with two attached hydrogens (primary N) is 1. The molecule has 0 saturated carbocycles. The minimum absolute atomic E-state index is 0.128. The van der Waals surface area contributed by atoms with Crippen LogP contribution < -0.4 is 5.73 Å². The van der Waals surface area contributed by atoms with Gasteiger partial charge in [-0.05, 0) is 37.0 Å². The molecule has 1 atom stereocenters. The van der Waals surface area contributed by atoms with Crippen molar-refractivity contribution in [3.8, 4) is 0 Å². The summed E-state index contributed by atoms with van der Waals surface area (Å²) in [5, 5.41) is 1.13. The molecule has 0 saturated heterocycles. The Morgan fingerprint density at radius 1 is 1.41 bits per heavy atom. The van der Waals surface area contributed by atoms with Crippen LogP contribution in [0.1, 0.15) is 30.2 Å². The molecule has 3 heteroatoms. The van der Waals surface area contributed by atoms with Crippen LogP contribution in [0.25, 0.3) is 10.9 Å². The van der Waals surface area contributed by atoms with E-state index in [-0.39, 0.29) is 6.10 Å². The maximum atomic E-state index is 5.97. The van der Waals surface area contributed by atoms with Crippen LogP contribution >= 0.6 is 0 Å². The SMILES string of the molecule is COC1CCCc2cc3cccc(N)c3nc21. The van der Waals surface area contributed by atoms with Crippen LogP contribution in [0.4, 0.5) is 5.69 Å². The summed E-state index contributed by atoms with van der Waals surface area (Å²) in [7, 11) is 1.75. The smallest absolute Gasteiger partial charge is 0.0993 e. The zero-order valence-electron chi connectivity index (χ0n) is 9.94. The number of rotatable bonds is 1. The summed E-state index contributed by atoms with van der Waals surface area (Å²) in [6, 6.07) is 8.14. The van der Waals surface area contributed by atoms with Gasteiger partial charge in [0.1, 0.15) is 0 Å². The number of hydrogen-bond acceptors (Lipinski definition) is 3. The molecule has 1 aliphatic rings. The Balaban J connectivity index is 2.25. The van der Waals surface area contributed by atoms with Crippen LogP contribution in [0, 0.1) is 0 Å². The summed E-state index contributed by atoms with van der Waals surface area (Å²) in [5.41, 5.74) is 9.99. The Bertz CT molecular complexity index is 565. The molecule has 2 N–H and O–H groups in total. The highest BCUT2D eigenvalue weighted by Gasteiger charge is 2.22. The minimum atomic E-state index is 0.128. The number of methoxy groups -OCH3 is 1. The Morgan fingerprint density at radius 3 is 3.12 bits per heavy atom. The highest BCUT2D eigenvalue weighted by Crippen LogP contribution is 2.33. The maximum absolute atomic E-state index is 5.97. The monoisotopic (exact) mass is 228 g/mol. The number of benzene rings is 1. The van der Waals surface area contributed by atoms with Gasteiger partial charge in [-0.3, -0.25) is 0 Å². The van der Waals surface area contributed by atoms with E-state index < -0.39 is 0 Å². The van der Waals surface area contributed by atoms with Crippen molar-refractivity contribution in [2.24, 2.45) is 0 Å². The predicted octanol–water partition coefficient (Wildman–Crippen LogP) is 2.84. The Morgan fingerprint density at radius 2 is 2.29 bits per heavy atom. The number of fused-ring (bicyclic) bond motifs is 2. The number of pyridine rings is 1. The van der Waals surface area contributed by atoms with E-state index in [1.54, 1.807) is 7.11 Å². The fourth-order valence-corrected chi connectivity index (χ4v) is 2.60. The van der Waals surface area contributed by atoms with Gasteiger partial charge in [-0.15, -0.1) is 0 Å². The molecule has 1 unspecified atom stereocenters. The lowest BCUT2D eigenvalue weighted by Gasteiger charge is -2.23. The zero-order chi connectivity index (χ0) is 11.8. The van der Waals surface area contributed by atoms with Crippen LogP contribution in [-0.2, 0) is 11.2 Å². The van der Waals surface area contributed by atoms with Crippen molar-refractivity contribution in [3.05, 3.63) is 35.5 Å². The lowest BCUT2D eigenvalue weighted by atomic mass is 9.92. The van der Waals surface area contributed by atoms with Crippen molar-refractivity contribution >= 4 is 16.6 Å². The number of nitrogen functional groups attached to an aromatic ring is 1. The Labute approximate surface area is 101 Å². The second kappa shape index (κ2) is 4.00. The highest BCUT2D eigenvalue weighted by molar-refractivity contribution is 5.89. The summed E-state index contributed by atoms with van der Waals surface area (Å²) in [5.74, 6) is 0. The molecule has 1 aliphatic carbocycles. The van der Waals surface area contributed by atoms with Crippen molar-refractivity contribution in [2.75, 3.05) is 12.8 Å². The van der Waals surface area contributed by atoms with E-state index in [9.17, 15) is 0 Å². The van der Waals surface area contributed by atoms with Gasteiger partial charge in [-0.2, -0.15) is 0 Å². The van der Waals surface area contributed by atoms with E-state index >= 15 is 0 Å². The van der Waals surface area contributed by atoms with Crippen molar-refractivity contribution in [1.82, 2.24) is 4.98 Å². The van der Waals surface area contributed by atoms with Crippen LogP contribution in [0.3, 0.4) is 0 Å². The topological polar surface area (TPSA) is 48.1 Å². The molecule has 0 amide bonds.